The molecule has 0 spiro atoms. The van der Waals surface area contributed by atoms with Crippen LogP contribution in [0.1, 0.15) is 49.7 Å². The van der Waals surface area contributed by atoms with Gasteiger partial charge in [-0.3, -0.25) is 9.59 Å². The first-order chi connectivity index (χ1) is 16.0. The van der Waals surface area contributed by atoms with Crippen molar-refractivity contribution >= 4 is 18.0 Å². The third-order valence-electron chi connectivity index (χ3n) is 6.89. The second-order valence-electron chi connectivity index (χ2n) is 8.81. The molecule has 0 aromatic heterocycles. The first-order valence-electron chi connectivity index (χ1n) is 11.6. The Kier molecular flexibility index (Phi) is 6.96. The number of nitrogens with one attached hydrogen (secondary N) is 2. The Hall–Kier alpha value is -3.35. The Balaban J connectivity index is 1.32. The topological polar surface area (TPSA) is 105 Å². The minimum atomic E-state index is -0.891. The molecule has 2 aliphatic carbocycles. The van der Waals surface area contributed by atoms with E-state index in [1.807, 2.05) is 36.4 Å². The number of carboxylic acid groups (broad SMARTS) is 1. The van der Waals surface area contributed by atoms with E-state index in [1.54, 1.807) is 6.92 Å². The van der Waals surface area contributed by atoms with E-state index in [4.69, 9.17) is 4.74 Å². The van der Waals surface area contributed by atoms with E-state index in [0.717, 1.165) is 41.5 Å². The Morgan fingerprint density at radius 3 is 2.15 bits per heavy atom. The molecule has 0 bridgehead atoms. The molecule has 0 aliphatic heterocycles. The molecule has 1 fully saturated rings. The second kappa shape index (κ2) is 10.1. The van der Waals surface area contributed by atoms with E-state index in [-0.39, 0.29) is 25.0 Å². The summed E-state index contributed by atoms with van der Waals surface area (Å²) in [7, 11) is 0. The molecule has 33 heavy (non-hydrogen) atoms. The largest absolute Gasteiger partial charge is 0.481 e. The van der Waals surface area contributed by atoms with E-state index in [0.29, 0.717) is 6.42 Å². The van der Waals surface area contributed by atoms with Gasteiger partial charge in [0.25, 0.3) is 0 Å². The first-order valence-corrected chi connectivity index (χ1v) is 11.6. The predicted molar refractivity (Wildman–Crippen MR) is 124 cm³/mol. The van der Waals surface area contributed by atoms with Crippen LogP contribution in [0.15, 0.2) is 48.5 Å². The van der Waals surface area contributed by atoms with Gasteiger partial charge in [0, 0.05) is 12.5 Å². The quantitative estimate of drug-likeness (QED) is 0.537. The molecule has 0 saturated heterocycles. The maximum absolute atomic E-state index is 12.6. The number of carboxylic acids is 1. The number of hydrogen-bond acceptors (Lipinski definition) is 4. The van der Waals surface area contributed by atoms with Gasteiger partial charge in [0.2, 0.25) is 5.91 Å². The highest BCUT2D eigenvalue weighted by Gasteiger charge is 2.33. The van der Waals surface area contributed by atoms with Crippen LogP contribution >= 0.6 is 0 Å². The maximum Gasteiger partial charge on any atom is 0.407 e. The van der Waals surface area contributed by atoms with Crippen molar-refractivity contribution in [2.24, 2.45) is 11.8 Å². The van der Waals surface area contributed by atoms with Crippen LogP contribution in [0.4, 0.5) is 4.79 Å². The predicted octanol–water partition coefficient (Wildman–Crippen LogP) is 3.92. The summed E-state index contributed by atoms with van der Waals surface area (Å²) >= 11 is 0. The van der Waals surface area contributed by atoms with Gasteiger partial charge in [-0.15, -0.1) is 0 Å². The van der Waals surface area contributed by atoms with Crippen molar-refractivity contribution in [1.82, 2.24) is 10.6 Å². The summed E-state index contributed by atoms with van der Waals surface area (Å²) in [6.07, 6.45) is 2.50. The molecule has 174 valence electrons. The van der Waals surface area contributed by atoms with Gasteiger partial charge in [-0.05, 0) is 47.4 Å². The van der Waals surface area contributed by atoms with Crippen LogP contribution in [-0.4, -0.2) is 42.3 Å². The number of benzene rings is 2. The lowest BCUT2D eigenvalue weighted by molar-refractivity contribution is -0.144. The number of carbonyl (C=O) groups excluding carboxylic acids is 2. The van der Waals surface area contributed by atoms with Crippen LogP contribution in [0.5, 0.6) is 0 Å². The average Bonchev–Trinajstić information content (AvgIpc) is 3.10. The lowest BCUT2D eigenvalue weighted by Crippen LogP contribution is -2.49. The van der Waals surface area contributed by atoms with E-state index < -0.39 is 29.9 Å². The number of aliphatic carboxylic acids is 1. The SMILES string of the molecule is CC[C@H](NC(=O)OCC1c2ccccc2-c2ccccc21)C(=O)NCC(C(=O)O)C1CCC1. The fourth-order valence-corrected chi connectivity index (χ4v) is 4.77. The molecule has 2 aliphatic rings. The van der Waals surface area contributed by atoms with Crippen LogP contribution < -0.4 is 10.6 Å². The third-order valence-corrected chi connectivity index (χ3v) is 6.89. The van der Waals surface area contributed by atoms with Crippen molar-refractivity contribution in [2.75, 3.05) is 13.2 Å². The normalized spacial score (nSPS) is 16.6. The fourth-order valence-electron chi connectivity index (χ4n) is 4.77. The molecular weight excluding hydrogens is 420 g/mol. The Morgan fingerprint density at radius 1 is 1.03 bits per heavy atom. The van der Waals surface area contributed by atoms with E-state index in [1.165, 1.54) is 0 Å². The molecule has 7 heteroatoms. The Bertz CT molecular complexity index is 987. The van der Waals surface area contributed by atoms with Gasteiger partial charge in [-0.25, -0.2) is 4.79 Å². The zero-order valence-corrected chi connectivity index (χ0v) is 18.8. The van der Waals surface area contributed by atoms with Gasteiger partial charge in [0.15, 0.2) is 0 Å². The summed E-state index contributed by atoms with van der Waals surface area (Å²) in [6.45, 7) is 2.02. The van der Waals surface area contributed by atoms with Gasteiger partial charge in [0.1, 0.15) is 12.6 Å². The van der Waals surface area contributed by atoms with Crippen molar-refractivity contribution in [3.05, 3.63) is 59.7 Å². The van der Waals surface area contributed by atoms with E-state index >= 15 is 0 Å². The number of fused-ring (bicyclic) bond motifs is 3. The Labute approximate surface area is 193 Å². The number of ether oxygens (including phenoxy) is 1. The second-order valence-corrected chi connectivity index (χ2v) is 8.81. The van der Waals surface area contributed by atoms with Crippen LogP contribution in [0, 0.1) is 11.8 Å². The standard InChI is InChI=1S/C26H30N2O5/c1-2-23(24(29)27-14-21(25(30)31)16-8-7-9-16)28-26(32)33-15-22-19-12-5-3-10-17(19)18-11-4-6-13-20(18)22/h3-6,10-13,16,21-23H,2,7-9,14-15H2,1H3,(H,27,29)(H,28,32)(H,30,31)/t21?,23-/m0/s1. The molecular formula is C26H30N2O5. The monoisotopic (exact) mass is 450 g/mol. The van der Waals surface area contributed by atoms with Gasteiger partial charge < -0.3 is 20.5 Å². The summed E-state index contributed by atoms with van der Waals surface area (Å²) < 4.78 is 5.53. The lowest BCUT2D eigenvalue weighted by Gasteiger charge is -2.31. The molecule has 1 saturated carbocycles. The van der Waals surface area contributed by atoms with Gasteiger partial charge in [0.05, 0.1) is 5.92 Å². The van der Waals surface area contributed by atoms with Crippen molar-refractivity contribution in [1.29, 1.82) is 0 Å². The first kappa shape index (κ1) is 22.8. The van der Waals surface area contributed by atoms with Crippen LogP contribution in [0.2, 0.25) is 0 Å². The fraction of sp³-hybridized carbons (Fsp3) is 0.423. The molecule has 1 unspecified atom stereocenters. The number of rotatable bonds is 9. The molecule has 2 aromatic carbocycles. The smallest absolute Gasteiger partial charge is 0.407 e. The number of amides is 2. The summed E-state index contributed by atoms with van der Waals surface area (Å²) in [5, 5.41) is 14.8. The average molecular weight is 451 g/mol. The highest BCUT2D eigenvalue weighted by Crippen LogP contribution is 2.44. The van der Waals surface area contributed by atoms with Gasteiger partial charge in [-0.2, -0.15) is 0 Å². The van der Waals surface area contributed by atoms with Crippen molar-refractivity contribution < 1.29 is 24.2 Å². The summed E-state index contributed by atoms with van der Waals surface area (Å²) in [5.74, 6) is -1.82. The van der Waals surface area contributed by atoms with Gasteiger partial charge in [-0.1, -0.05) is 61.9 Å². The molecule has 0 radical (unpaired) electrons. The molecule has 0 heterocycles. The van der Waals surface area contributed by atoms with Crippen LogP contribution in [-0.2, 0) is 14.3 Å². The molecule has 7 nitrogen and oxygen atoms in total. The number of carbonyl (C=O) groups is 3. The summed E-state index contributed by atoms with van der Waals surface area (Å²) in [4.78, 5) is 36.6. The van der Waals surface area contributed by atoms with Crippen molar-refractivity contribution in [2.45, 2.75) is 44.6 Å². The zero-order valence-electron chi connectivity index (χ0n) is 18.8. The highest BCUT2D eigenvalue weighted by atomic mass is 16.5. The number of alkyl carbamates (subject to hydrolysis) is 1. The minimum absolute atomic E-state index is 0.0594. The summed E-state index contributed by atoms with van der Waals surface area (Å²) in [6, 6.07) is 15.4. The molecule has 2 amide bonds. The minimum Gasteiger partial charge on any atom is -0.481 e. The molecule has 3 N–H and O–H groups in total. The van der Waals surface area contributed by atoms with Gasteiger partial charge >= 0.3 is 12.1 Å². The maximum atomic E-state index is 12.6. The van der Waals surface area contributed by atoms with Crippen molar-refractivity contribution in [3.63, 3.8) is 0 Å². The molecule has 4 rings (SSSR count). The van der Waals surface area contributed by atoms with Crippen molar-refractivity contribution in [3.8, 4) is 11.1 Å². The number of hydrogen-bond donors (Lipinski definition) is 3. The van der Waals surface area contributed by atoms with Crippen LogP contribution in [0.25, 0.3) is 11.1 Å². The zero-order chi connectivity index (χ0) is 23.4. The summed E-state index contributed by atoms with van der Waals surface area (Å²) in [5.41, 5.74) is 4.53. The van der Waals surface area contributed by atoms with E-state index in [9.17, 15) is 19.5 Å². The van der Waals surface area contributed by atoms with Crippen LogP contribution in [0.3, 0.4) is 0 Å². The Morgan fingerprint density at radius 2 is 1.64 bits per heavy atom. The lowest BCUT2D eigenvalue weighted by atomic mass is 9.76. The highest BCUT2D eigenvalue weighted by molar-refractivity contribution is 5.86. The molecule has 2 atom stereocenters. The van der Waals surface area contributed by atoms with E-state index in [2.05, 4.69) is 22.8 Å². The molecule has 2 aromatic rings. The third kappa shape index (κ3) is 4.87.